The lowest BCUT2D eigenvalue weighted by Crippen LogP contribution is -2.18. The molecule has 0 bridgehead atoms. The first-order valence-electron chi connectivity index (χ1n) is 7.60. The number of halogens is 1. The van der Waals surface area contributed by atoms with Crippen molar-refractivity contribution in [3.63, 3.8) is 0 Å². The van der Waals surface area contributed by atoms with Crippen LogP contribution in [-0.4, -0.2) is 20.6 Å². The molecule has 2 aromatic carbocycles. The van der Waals surface area contributed by atoms with Gasteiger partial charge in [-0.15, -0.1) is 0 Å². The van der Waals surface area contributed by atoms with Crippen LogP contribution in [-0.2, 0) is 10.0 Å². The van der Waals surface area contributed by atoms with Gasteiger partial charge in [0.15, 0.2) is 0 Å². The normalized spacial score (nSPS) is 11.4. The molecule has 0 fully saturated rings. The van der Waals surface area contributed by atoms with E-state index in [1.165, 1.54) is 42.8 Å². The summed E-state index contributed by atoms with van der Waals surface area (Å²) in [7, 11) is -3.78. The minimum absolute atomic E-state index is 0.0456. The average molecular weight is 405 g/mol. The number of hydrazone groups is 1. The molecule has 7 nitrogen and oxygen atoms in total. The quantitative estimate of drug-likeness (QED) is 0.293. The summed E-state index contributed by atoms with van der Waals surface area (Å²) in [6, 6.07) is 15.1. The fourth-order valence-corrected chi connectivity index (χ4v) is 2.93. The first-order valence-corrected chi connectivity index (χ1v) is 9.46. The molecule has 0 aliphatic rings. The van der Waals surface area contributed by atoms with Crippen molar-refractivity contribution in [3.8, 4) is 5.75 Å². The number of sulfonamides is 1. The second-order valence-corrected chi connectivity index (χ2v) is 7.34. The predicted octanol–water partition coefficient (Wildman–Crippen LogP) is 3.46. The second-order valence-electron chi connectivity index (χ2n) is 5.24. The largest absolute Gasteiger partial charge is 0.457 e. The molecule has 0 aliphatic heterocycles. The Bertz CT molecular complexity index is 1040. The highest BCUT2D eigenvalue weighted by Crippen LogP contribution is 2.15. The minimum atomic E-state index is -3.78. The standard InChI is InChI=1S/C18H13ClN2O5S/c19-14-5-9-16(10-6-14)27(23,24)21-20-12-13-3-7-15(8-4-13)26-18(22)17-2-1-11-25-17/h1-12,21H/b20-12+. The van der Waals surface area contributed by atoms with E-state index in [1.54, 1.807) is 30.3 Å². The van der Waals surface area contributed by atoms with Gasteiger partial charge in [-0.05, 0) is 66.2 Å². The highest BCUT2D eigenvalue weighted by molar-refractivity contribution is 7.89. The van der Waals surface area contributed by atoms with Gasteiger partial charge in [0.2, 0.25) is 5.76 Å². The topological polar surface area (TPSA) is 98.0 Å². The van der Waals surface area contributed by atoms with E-state index in [2.05, 4.69) is 9.93 Å². The Balaban J connectivity index is 1.60. The maximum absolute atomic E-state index is 12.1. The van der Waals surface area contributed by atoms with Gasteiger partial charge in [0.1, 0.15) is 5.75 Å². The number of nitrogens with zero attached hydrogens (tertiary/aromatic N) is 1. The molecule has 0 aliphatic carbocycles. The molecule has 9 heteroatoms. The Morgan fingerprint density at radius 3 is 2.41 bits per heavy atom. The van der Waals surface area contributed by atoms with Gasteiger partial charge in [0.05, 0.1) is 17.4 Å². The first-order chi connectivity index (χ1) is 12.9. The number of carbonyl (C=O) groups is 1. The number of esters is 1. The van der Waals surface area contributed by atoms with Crippen molar-refractivity contribution in [3.05, 3.63) is 83.3 Å². The van der Waals surface area contributed by atoms with Gasteiger partial charge < -0.3 is 9.15 Å². The lowest BCUT2D eigenvalue weighted by molar-refractivity contribution is 0.0701. The molecular formula is C18H13ClN2O5S. The number of hydrogen-bond acceptors (Lipinski definition) is 6. The van der Waals surface area contributed by atoms with Crippen molar-refractivity contribution in [2.75, 3.05) is 0 Å². The number of benzene rings is 2. The summed E-state index contributed by atoms with van der Waals surface area (Å²) >= 11 is 5.74. The van der Waals surface area contributed by atoms with Crippen LogP contribution in [0.4, 0.5) is 0 Å². The van der Waals surface area contributed by atoms with Crippen LogP contribution in [0, 0.1) is 0 Å². The first kappa shape index (κ1) is 18.7. The maximum atomic E-state index is 12.1. The predicted molar refractivity (Wildman–Crippen MR) is 99.5 cm³/mol. The average Bonchev–Trinajstić information content (AvgIpc) is 3.18. The molecule has 0 amide bonds. The SMILES string of the molecule is O=C(Oc1ccc(/C=N/NS(=O)(=O)c2ccc(Cl)cc2)cc1)c1ccco1. The zero-order chi connectivity index (χ0) is 19.3. The van der Waals surface area contributed by atoms with Gasteiger partial charge in [0, 0.05) is 5.02 Å². The van der Waals surface area contributed by atoms with Crippen molar-refractivity contribution in [1.82, 2.24) is 4.83 Å². The molecule has 0 saturated carbocycles. The van der Waals surface area contributed by atoms with Crippen molar-refractivity contribution in [2.24, 2.45) is 5.10 Å². The van der Waals surface area contributed by atoms with Gasteiger partial charge in [-0.25, -0.2) is 9.63 Å². The molecule has 1 heterocycles. The molecule has 1 aromatic heterocycles. The fraction of sp³-hybridized carbons (Fsp3) is 0. The van der Waals surface area contributed by atoms with Crippen LogP contribution in [0.2, 0.25) is 5.02 Å². The summed E-state index contributed by atoms with van der Waals surface area (Å²) in [5.41, 5.74) is 0.603. The van der Waals surface area contributed by atoms with Crippen LogP contribution in [0.15, 0.2) is 81.3 Å². The fourth-order valence-electron chi connectivity index (χ4n) is 2.01. The Hall–Kier alpha value is -3.10. The van der Waals surface area contributed by atoms with E-state index in [-0.39, 0.29) is 10.7 Å². The Kier molecular flexibility index (Phi) is 5.58. The molecule has 0 radical (unpaired) electrons. The molecule has 3 rings (SSSR count). The number of furan rings is 1. The van der Waals surface area contributed by atoms with Crippen molar-refractivity contribution in [2.45, 2.75) is 4.90 Å². The number of nitrogens with one attached hydrogen (secondary N) is 1. The van der Waals surface area contributed by atoms with Crippen LogP contribution < -0.4 is 9.57 Å². The third-order valence-corrected chi connectivity index (χ3v) is 4.81. The number of ether oxygens (including phenoxy) is 1. The summed E-state index contributed by atoms with van der Waals surface area (Å²) in [5.74, 6) is -0.204. The van der Waals surface area contributed by atoms with Gasteiger partial charge in [0.25, 0.3) is 10.0 Å². The zero-order valence-electron chi connectivity index (χ0n) is 13.7. The summed E-state index contributed by atoms with van der Waals surface area (Å²) in [4.78, 5) is 13.9. The summed E-state index contributed by atoms with van der Waals surface area (Å²) in [6.45, 7) is 0. The maximum Gasteiger partial charge on any atom is 0.379 e. The van der Waals surface area contributed by atoms with Crippen molar-refractivity contribution >= 4 is 33.8 Å². The van der Waals surface area contributed by atoms with E-state index in [0.717, 1.165) is 0 Å². The number of hydrogen-bond donors (Lipinski definition) is 1. The Morgan fingerprint density at radius 1 is 1.07 bits per heavy atom. The van der Waals surface area contributed by atoms with Gasteiger partial charge in [-0.3, -0.25) is 0 Å². The Morgan fingerprint density at radius 2 is 1.78 bits per heavy atom. The molecule has 138 valence electrons. The molecule has 0 saturated heterocycles. The summed E-state index contributed by atoms with van der Waals surface area (Å²) in [6.07, 6.45) is 2.70. The Labute approximate surface area is 160 Å². The van der Waals surface area contributed by atoms with Crippen LogP contribution in [0.1, 0.15) is 16.1 Å². The second kappa shape index (κ2) is 8.07. The third-order valence-electron chi connectivity index (χ3n) is 3.32. The van der Waals surface area contributed by atoms with Gasteiger partial charge in [-0.2, -0.15) is 13.5 Å². The zero-order valence-corrected chi connectivity index (χ0v) is 15.3. The van der Waals surface area contributed by atoms with E-state index < -0.39 is 16.0 Å². The van der Waals surface area contributed by atoms with E-state index >= 15 is 0 Å². The minimum Gasteiger partial charge on any atom is -0.457 e. The summed E-state index contributed by atoms with van der Waals surface area (Å²) in [5, 5.41) is 4.16. The number of carbonyl (C=O) groups excluding carboxylic acids is 1. The van der Waals surface area contributed by atoms with E-state index in [4.69, 9.17) is 20.8 Å². The molecule has 0 spiro atoms. The lowest BCUT2D eigenvalue weighted by atomic mass is 10.2. The molecule has 0 atom stereocenters. The van der Waals surface area contributed by atoms with E-state index in [9.17, 15) is 13.2 Å². The number of rotatable bonds is 6. The summed E-state index contributed by atoms with van der Waals surface area (Å²) < 4.78 is 34.3. The molecule has 3 aromatic rings. The van der Waals surface area contributed by atoms with Crippen LogP contribution in [0.25, 0.3) is 0 Å². The van der Waals surface area contributed by atoms with Crippen LogP contribution in [0.5, 0.6) is 5.75 Å². The van der Waals surface area contributed by atoms with Crippen LogP contribution in [0.3, 0.4) is 0 Å². The van der Waals surface area contributed by atoms with E-state index in [1.807, 2.05) is 0 Å². The monoisotopic (exact) mass is 404 g/mol. The highest BCUT2D eigenvalue weighted by atomic mass is 35.5. The highest BCUT2D eigenvalue weighted by Gasteiger charge is 2.12. The lowest BCUT2D eigenvalue weighted by Gasteiger charge is -2.04. The molecule has 0 unspecified atom stereocenters. The van der Waals surface area contributed by atoms with Gasteiger partial charge in [-0.1, -0.05) is 11.6 Å². The molecular weight excluding hydrogens is 392 g/mol. The molecule has 1 N–H and O–H groups in total. The van der Waals surface area contributed by atoms with Crippen molar-refractivity contribution in [1.29, 1.82) is 0 Å². The van der Waals surface area contributed by atoms with Crippen LogP contribution >= 0.6 is 11.6 Å². The van der Waals surface area contributed by atoms with Gasteiger partial charge >= 0.3 is 5.97 Å². The third kappa shape index (κ3) is 4.96. The van der Waals surface area contributed by atoms with Crippen molar-refractivity contribution < 1.29 is 22.4 Å². The smallest absolute Gasteiger partial charge is 0.379 e. The molecule has 27 heavy (non-hydrogen) atoms. The van der Waals surface area contributed by atoms with E-state index in [0.29, 0.717) is 16.3 Å².